The van der Waals surface area contributed by atoms with Crippen molar-refractivity contribution in [3.8, 4) is 0 Å². The SMILES string of the molecule is CC(NC(=O)c1ccccc1)C(=O)Nc1ccc(NC(C)c2ccccc2)c(Cl)c1. The van der Waals surface area contributed by atoms with E-state index >= 15 is 0 Å². The summed E-state index contributed by atoms with van der Waals surface area (Å²) < 4.78 is 0. The third-order valence-corrected chi connectivity index (χ3v) is 5.00. The Labute approximate surface area is 181 Å². The molecule has 0 aliphatic carbocycles. The number of nitrogens with one attached hydrogen (secondary N) is 3. The van der Waals surface area contributed by atoms with Crippen molar-refractivity contribution in [1.82, 2.24) is 5.32 Å². The van der Waals surface area contributed by atoms with E-state index in [2.05, 4.69) is 22.9 Å². The largest absolute Gasteiger partial charge is 0.377 e. The maximum absolute atomic E-state index is 12.5. The Bertz CT molecular complexity index is 1010. The quantitative estimate of drug-likeness (QED) is 0.486. The van der Waals surface area contributed by atoms with Gasteiger partial charge in [-0.25, -0.2) is 0 Å². The Morgan fingerprint density at radius 3 is 2.13 bits per heavy atom. The molecule has 0 saturated carbocycles. The first-order chi connectivity index (χ1) is 14.4. The molecule has 6 heteroatoms. The zero-order valence-corrected chi connectivity index (χ0v) is 17.6. The van der Waals surface area contributed by atoms with Crippen molar-refractivity contribution in [2.75, 3.05) is 10.6 Å². The predicted molar refractivity (Wildman–Crippen MR) is 122 cm³/mol. The van der Waals surface area contributed by atoms with E-state index in [4.69, 9.17) is 11.6 Å². The summed E-state index contributed by atoms with van der Waals surface area (Å²) in [6.45, 7) is 3.69. The van der Waals surface area contributed by atoms with E-state index in [9.17, 15) is 9.59 Å². The number of halogens is 1. The summed E-state index contributed by atoms with van der Waals surface area (Å²) in [7, 11) is 0. The zero-order chi connectivity index (χ0) is 21.5. The van der Waals surface area contributed by atoms with Crippen molar-refractivity contribution in [2.24, 2.45) is 0 Å². The molecule has 0 spiro atoms. The van der Waals surface area contributed by atoms with Crippen molar-refractivity contribution in [3.05, 3.63) is 95.0 Å². The van der Waals surface area contributed by atoms with E-state index in [0.29, 0.717) is 16.3 Å². The molecule has 3 N–H and O–H groups in total. The molecule has 0 radical (unpaired) electrons. The van der Waals surface area contributed by atoms with Gasteiger partial charge >= 0.3 is 0 Å². The van der Waals surface area contributed by atoms with Crippen LogP contribution >= 0.6 is 11.6 Å². The monoisotopic (exact) mass is 421 g/mol. The molecule has 5 nitrogen and oxygen atoms in total. The van der Waals surface area contributed by atoms with Crippen LogP contribution in [0.5, 0.6) is 0 Å². The summed E-state index contributed by atoms with van der Waals surface area (Å²) in [6, 6.07) is 23.5. The van der Waals surface area contributed by atoms with Crippen molar-refractivity contribution < 1.29 is 9.59 Å². The fourth-order valence-electron chi connectivity index (χ4n) is 2.95. The highest BCUT2D eigenvalue weighted by Crippen LogP contribution is 2.29. The number of rotatable bonds is 7. The maximum Gasteiger partial charge on any atom is 0.251 e. The van der Waals surface area contributed by atoms with Crippen LogP contribution in [0.15, 0.2) is 78.9 Å². The highest BCUT2D eigenvalue weighted by Gasteiger charge is 2.17. The lowest BCUT2D eigenvalue weighted by Gasteiger charge is -2.18. The second-order valence-electron chi connectivity index (χ2n) is 7.02. The van der Waals surface area contributed by atoms with Gasteiger partial charge in [-0.2, -0.15) is 0 Å². The van der Waals surface area contributed by atoms with Crippen LogP contribution in [-0.2, 0) is 4.79 Å². The highest BCUT2D eigenvalue weighted by molar-refractivity contribution is 6.33. The second kappa shape index (κ2) is 9.94. The number of amides is 2. The van der Waals surface area contributed by atoms with E-state index < -0.39 is 6.04 Å². The van der Waals surface area contributed by atoms with E-state index in [-0.39, 0.29) is 17.9 Å². The molecular formula is C24H24ClN3O2. The first-order valence-electron chi connectivity index (χ1n) is 9.72. The fourth-order valence-corrected chi connectivity index (χ4v) is 3.19. The summed E-state index contributed by atoms with van der Waals surface area (Å²) in [6.07, 6.45) is 0. The Hall–Kier alpha value is -3.31. The Morgan fingerprint density at radius 1 is 0.867 bits per heavy atom. The van der Waals surface area contributed by atoms with Gasteiger partial charge in [0.15, 0.2) is 0 Å². The first kappa shape index (κ1) is 21.4. The minimum absolute atomic E-state index is 0.0809. The minimum Gasteiger partial charge on any atom is -0.377 e. The van der Waals surface area contributed by atoms with Crippen LogP contribution < -0.4 is 16.0 Å². The van der Waals surface area contributed by atoms with Crippen LogP contribution in [0.4, 0.5) is 11.4 Å². The molecule has 2 atom stereocenters. The van der Waals surface area contributed by atoms with Gasteiger partial charge in [0.25, 0.3) is 5.91 Å². The van der Waals surface area contributed by atoms with Crippen LogP contribution in [0.2, 0.25) is 5.02 Å². The van der Waals surface area contributed by atoms with Gasteiger partial charge in [0.2, 0.25) is 5.91 Å². The molecule has 3 aromatic rings. The highest BCUT2D eigenvalue weighted by atomic mass is 35.5. The number of carbonyl (C=O) groups is 2. The molecule has 0 fully saturated rings. The van der Waals surface area contributed by atoms with Gasteiger partial charge in [-0.05, 0) is 49.7 Å². The summed E-state index contributed by atoms with van der Waals surface area (Å²) in [5.74, 6) is -0.626. The van der Waals surface area contributed by atoms with Gasteiger partial charge in [-0.15, -0.1) is 0 Å². The predicted octanol–water partition coefficient (Wildman–Crippen LogP) is 5.27. The molecule has 0 heterocycles. The van der Waals surface area contributed by atoms with Gasteiger partial charge in [-0.3, -0.25) is 9.59 Å². The lowest BCUT2D eigenvalue weighted by molar-refractivity contribution is -0.117. The summed E-state index contributed by atoms with van der Waals surface area (Å²) in [5, 5.41) is 9.35. The molecule has 0 aliphatic heterocycles. The molecule has 154 valence electrons. The van der Waals surface area contributed by atoms with Crippen molar-refractivity contribution in [3.63, 3.8) is 0 Å². The number of anilines is 2. The first-order valence-corrected chi connectivity index (χ1v) is 10.1. The number of benzene rings is 3. The molecule has 0 aromatic heterocycles. The lowest BCUT2D eigenvalue weighted by atomic mass is 10.1. The average molecular weight is 422 g/mol. The summed E-state index contributed by atoms with van der Waals surface area (Å²) in [4.78, 5) is 24.7. The molecular weight excluding hydrogens is 398 g/mol. The molecule has 0 saturated heterocycles. The lowest BCUT2D eigenvalue weighted by Crippen LogP contribution is -2.41. The average Bonchev–Trinajstić information content (AvgIpc) is 2.76. The van der Waals surface area contributed by atoms with E-state index in [1.165, 1.54) is 0 Å². The molecule has 0 bridgehead atoms. The minimum atomic E-state index is -0.701. The Balaban J connectivity index is 1.59. The Morgan fingerprint density at radius 2 is 1.50 bits per heavy atom. The van der Waals surface area contributed by atoms with Gasteiger partial charge in [0.05, 0.1) is 10.7 Å². The second-order valence-corrected chi connectivity index (χ2v) is 7.43. The van der Waals surface area contributed by atoms with Crippen LogP contribution in [-0.4, -0.2) is 17.9 Å². The van der Waals surface area contributed by atoms with E-state index in [1.54, 1.807) is 43.3 Å². The van der Waals surface area contributed by atoms with Crippen molar-refractivity contribution >= 4 is 34.8 Å². The third kappa shape index (κ3) is 5.61. The maximum atomic E-state index is 12.5. The summed E-state index contributed by atoms with van der Waals surface area (Å²) >= 11 is 6.40. The van der Waals surface area contributed by atoms with Crippen molar-refractivity contribution in [2.45, 2.75) is 25.9 Å². The van der Waals surface area contributed by atoms with E-state index in [1.807, 2.05) is 42.5 Å². The molecule has 30 heavy (non-hydrogen) atoms. The van der Waals surface area contributed by atoms with Crippen LogP contribution in [0.1, 0.15) is 35.8 Å². The number of hydrogen-bond donors (Lipinski definition) is 3. The zero-order valence-electron chi connectivity index (χ0n) is 16.9. The van der Waals surface area contributed by atoms with Crippen LogP contribution in [0.3, 0.4) is 0 Å². The molecule has 2 unspecified atom stereocenters. The smallest absolute Gasteiger partial charge is 0.251 e. The standard InChI is InChI=1S/C24H24ClN3O2/c1-16(18-9-5-3-6-10-18)26-22-14-13-20(15-21(22)25)28-23(29)17(2)27-24(30)19-11-7-4-8-12-19/h3-17,26H,1-2H3,(H,27,30)(H,28,29). The number of hydrogen-bond acceptors (Lipinski definition) is 3. The molecule has 3 rings (SSSR count). The Kier molecular flexibility index (Phi) is 7.09. The van der Waals surface area contributed by atoms with Gasteiger partial charge in [0, 0.05) is 17.3 Å². The van der Waals surface area contributed by atoms with Gasteiger partial charge in [-0.1, -0.05) is 60.1 Å². The molecule has 3 aromatic carbocycles. The van der Waals surface area contributed by atoms with Crippen molar-refractivity contribution in [1.29, 1.82) is 0 Å². The normalized spacial score (nSPS) is 12.5. The third-order valence-electron chi connectivity index (χ3n) is 4.69. The van der Waals surface area contributed by atoms with Gasteiger partial charge < -0.3 is 16.0 Å². The molecule has 2 amide bonds. The van der Waals surface area contributed by atoms with Gasteiger partial charge in [0.1, 0.15) is 6.04 Å². The van der Waals surface area contributed by atoms with Crippen LogP contribution in [0.25, 0.3) is 0 Å². The van der Waals surface area contributed by atoms with E-state index in [0.717, 1.165) is 11.3 Å². The van der Waals surface area contributed by atoms with Crippen LogP contribution in [0, 0.1) is 0 Å². The fraction of sp³-hybridized carbons (Fsp3) is 0.167. The summed E-state index contributed by atoms with van der Waals surface area (Å²) in [5.41, 5.74) is 2.98. The molecule has 0 aliphatic rings. The topological polar surface area (TPSA) is 70.2 Å². The number of carbonyl (C=O) groups excluding carboxylic acids is 2.